The maximum atomic E-state index is 12.1. The Balaban J connectivity index is 2.19. The molecule has 1 amide bonds. The number of hydrogen-bond acceptors (Lipinski definition) is 5. The Morgan fingerprint density at radius 3 is 2.29 bits per heavy atom. The van der Waals surface area contributed by atoms with Gasteiger partial charge in [0.25, 0.3) is 5.91 Å². The van der Waals surface area contributed by atoms with Crippen LogP contribution in [0.4, 0.5) is 5.69 Å². The Labute approximate surface area is 121 Å². The minimum atomic E-state index is -0.391. The lowest BCUT2D eigenvalue weighted by molar-refractivity contribution is 0.102. The Hall–Kier alpha value is -2.89. The number of phenolic OH excluding ortho intramolecular Hbond substituents is 2. The minimum Gasteiger partial charge on any atom is -0.504 e. The van der Waals surface area contributed by atoms with Gasteiger partial charge in [-0.1, -0.05) is 0 Å². The molecule has 2 aromatic carbocycles. The third-order valence-electron chi connectivity index (χ3n) is 2.88. The number of carbonyl (C=O) groups is 1. The Morgan fingerprint density at radius 1 is 0.952 bits per heavy atom. The number of rotatable bonds is 4. The summed E-state index contributed by atoms with van der Waals surface area (Å²) in [6.07, 6.45) is 0. The van der Waals surface area contributed by atoms with Crippen LogP contribution in [0.25, 0.3) is 0 Å². The van der Waals surface area contributed by atoms with Crippen LogP contribution in [0.5, 0.6) is 23.0 Å². The molecule has 0 heterocycles. The molecule has 3 N–H and O–H groups in total. The van der Waals surface area contributed by atoms with E-state index >= 15 is 0 Å². The molecule has 6 heteroatoms. The van der Waals surface area contributed by atoms with Gasteiger partial charge in [-0.15, -0.1) is 0 Å². The first kappa shape index (κ1) is 14.5. The predicted molar refractivity (Wildman–Crippen MR) is 77.3 cm³/mol. The van der Waals surface area contributed by atoms with Gasteiger partial charge in [-0.3, -0.25) is 4.79 Å². The summed E-state index contributed by atoms with van der Waals surface area (Å²) in [5, 5.41) is 21.8. The van der Waals surface area contributed by atoms with Crippen molar-refractivity contribution in [1.29, 1.82) is 0 Å². The van der Waals surface area contributed by atoms with E-state index in [1.807, 2.05) is 0 Å². The molecule has 0 radical (unpaired) electrons. The van der Waals surface area contributed by atoms with E-state index in [0.29, 0.717) is 17.0 Å². The van der Waals surface area contributed by atoms with Crippen molar-refractivity contribution in [3.63, 3.8) is 0 Å². The largest absolute Gasteiger partial charge is 0.504 e. The Morgan fingerprint density at radius 2 is 1.67 bits per heavy atom. The van der Waals surface area contributed by atoms with Crippen molar-refractivity contribution in [3.05, 3.63) is 42.0 Å². The van der Waals surface area contributed by atoms with Crippen LogP contribution in [0.1, 0.15) is 10.4 Å². The number of anilines is 1. The third-order valence-corrected chi connectivity index (χ3v) is 2.88. The number of ether oxygens (including phenoxy) is 2. The van der Waals surface area contributed by atoms with E-state index in [2.05, 4.69) is 5.32 Å². The van der Waals surface area contributed by atoms with Crippen LogP contribution in [-0.4, -0.2) is 30.3 Å². The average molecular weight is 289 g/mol. The zero-order valence-electron chi connectivity index (χ0n) is 11.6. The van der Waals surface area contributed by atoms with Gasteiger partial charge in [0.1, 0.15) is 0 Å². The van der Waals surface area contributed by atoms with Crippen LogP contribution in [0.15, 0.2) is 36.4 Å². The molecule has 21 heavy (non-hydrogen) atoms. The molecular weight excluding hydrogens is 274 g/mol. The molecule has 0 aromatic heterocycles. The van der Waals surface area contributed by atoms with Crippen molar-refractivity contribution in [2.24, 2.45) is 0 Å². The van der Waals surface area contributed by atoms with Crippen LogP contribution in [0, 0.1) is 0 Å². The van der Waals surface area contributed by atoms with Crippen molar-refractivity contribution in [1.82, 2.24) is 0 Å². The SMILES string of the molecule is COc1ccc(NC(=O)c2ccc(O)c(OC)c2)cc1O. The second-order valence-electron chi connectivity index (χ2n) is 4.23. The van der Waals surface area contributed by atoms with E-state index in [9.17, 15) is 15.0 Å². The molecule has 0 bridgehead atoms. The summed E-state index contributed by atoms with van der Waals surface area (Å²) >= 11 is 0. The molecule has 0 aliphatic carbocycles. The molecule has 0 spiro atoms. The number of hydrogen-bond donors (Lipinski definition) is 3. The lowest BCUT2D eigenvalue weighted by Crippen LogP contribution is -2.11. The van der Waals surface area contributed by atoms with Gasteiger partial charge in [0, 0.05) is 17.3 Å². The van der Waals surface area contributed by atoms with Gasteiger partial charge in [-0.2, -0.15) is 0 Å². The number of amides is 1. The van der Waals surface area contributed by atoms with Crippen LogP contribution < -0.4 is 14.8 Å². The number of phenols is 2. The number of carbonyl (C=O) groups excluding carboxylic acids is 1. The number of methoxy groups -OCH3 is 2. The van der Waals surface area contributed by atoms with E-state index in [1.165, 1.54) is 38.5 Å². The molecule has 6 nitrogen and oxygen atoms in total. The predicted octanol–water partition coefficient (Wildman–Crippen LogP) is 2.37. The highest BCUT2D eigenvalue weighted by molar-refractivity contribution is 6.04. The van der Waals surface area contributed by atoms with Gasteiger partial charge in [0.05, 0.1) is 14.2 Å². The molecule has 0 aliphatic rings. The summed E-state index contributed by atoms with van der Waals surface area (Å²) < 4.78 is 9.87. The Kier molecular flexibility index (Phi) is 4.18. The van der Waals surface area contributed by atoms with Crippen LogP contribution in [-0.2, 0) is 0 Å². The number of nitrogens with one attached hydrogen (secondary N) is 1. The monoisotopic (exact) mass is 289 g/mol. The molecule has 110 valence electrons. The number of aromatic hydroxyl groups is 2. The van der Waals surface area contributed by atoms with Crippen LogP contribution in [0.3, 0.4) is 0 Å². The smallest absolute Gasteiger partial charge is 0.255 e. The van der Waals surface area contributed by atoms with E-state index in [1.54, 1.807) is 12.1 Å². The molecule has 0 saturated carbocycles. The highest BCUT2D eigenvalue weighted by atomic mass is 16.5. The first-order valence-electron chi connectivity index (χ1n) is 6.10. The summed E-state index contributed by atoms with van der Waals surface area (Å²) in [6.45, 7) is 0. The zero-order valence-corrected chi connectivity index (χ0v) is 11.6. The molecule has 0 unspecified atom stereocenters. The van der Waals surface area contributed by atoms with Gasteiger partial charge in [0.2, 0.25) is 0 Å². The molecule has 2 aromatic rings. The van der Waals surface area contributed by atoms with Crippen molar-refractivity contribution in [2.75, 3.05) is 19.5 Å². The van der Waals surface area contributed by atoms with E-state index in [-0.39, 0.29) is 17.2 Å². The van der Waals surface area contributed by atoms with Gasteiger partial charge in [0.15, 0.2) is 23.0 Å². The fourth-order valence-corrected chi connectivity index (χ4v) is 1.79. The first-order valence-corrected chi connectivity index (χ1v) is 6.10. The summed E-state index contributed by atoms with van der Waals surface area (Å²) in [5.41, 5.74) is 0.741. The van der Waals surface area contributed by atoms with Gasteiger partial charge in [-0.05, 0) is 30.3 Å². The second-order valence-corrected chi connectivity index (χ2v) is 4.23. The molecular formula is C15H15NO5. The third kappa shape index (κ3) is 3.17. The van der Waals surface area contributed by atoms with E-state index in [0.717, 1.165) is 0 Å². The van der Waals surface area contributed by atoms with Gasteiger partial charge >= 0.3 is 0 Å². The topological polar surface area (TPSA) is 88.0 Å². The molecule has 0 aliphatic heterocycles. The number of benzene rings is 2. The fraction of sp³-hybridized carbons (Fsp3) is 0.133. The summed E-state index contributed by atoms with van der Waals surface area (Å²) in [4.78, 5) is 12.1. The van der Waals surface area contributed by atoms with Crippen LogP contribution in [0.2, 0.25) is 0 Å². The lowest BCUT2D eigenvalue weighted by atomic mass is 10.2. The van der Waals surface area contributed by atoms with E-state index < -0.39 is 5.91 Å². The lowest BCUT2D eigenvalue weighted by Gasteiger charge is -2.09. The zero-order chi connectivity index (χ0) is 15.4. The highest BCUT2D eigenvalue weighted by Crippen LogP contribution is 2.29. The summed E-state index contributed by atoms with van der Waals surface area (Å²) in [5.74, 6) is 0.0205. The standard InChI is InChI=1S/C15H15NO5/c1-20-13-6-4-10(8-12(13)18)16-15(19)9-3-5-11(17)14(7-9)21-2/h3-8,17-18H,1-2H3,(H,16,19). The quantitative estimate of drug-likeness (QED) is 0.804. The Bertz CT molecular complexity index is 669. The van der Waals surface area contributed by atoms with Crippen LogP contribution >= 0.6 is 0 Å². The molecule has 2 rings (SSSR count). The maximum absolute atomic E-state index is 12.1. The van der Waals surface area contributed by atoms with E-state index in [4.69, 9.17) is 9.47 Å². The van der Waals surface area contributed by atoms with Crippen molar-refractivity contribution < 1.29 is 24.5 Å². The van der Waals surface area contributed by atoms with Crippen molar-refractivity contribution >= 4 is 11.6 Å². The first-order chi connectivity index (χ1) is 10.0. The van der Waals surface area contributed by atoms with Gasteiger partial charge < -0.3 is 25.0 Å². The minimum absolute atomic E-state index is 0.0452. The maximum Gasteiger partial charge on any atom is 0.255 e. The normalized spacial score (nSPS) is 10.0. The fourth-order valence-electron chi connectivity index (χ4n) is 1.79. The summed E-state index contributed by atoms with van der Waals surface area (Å²) in [6, 6.07) is 8.80. The second kappa shape index (κ2) is 6.04. The van der Waals surface area contributed by atoms with Gasteiger partial charge in [-0.25, -0.2) is 0 Å². The van der Waals surface area contributed by atoms with Crippen molar-refractivity contribution in [2.45, 2.75) is 0 Å². The average Bonchev–Trinajstić information content (AvgIpc) is 2.48. The summed E-state index contributed by atoms with van der Waals surface area (Å²) in [7, 11) is 2.84. The van der Waals surface area contributed by atoms with Crippen molar-refractivity contribution in [3.8, 4) is 23.0 Å². The molecule has 0 fully saturated rings. The molecule has 0 saturated heterocycles. The highest BCUT2D eigenvalue weighted by Gasteiger charge is 2.11. The molecule has 0 atom stereocenters.